The van der Waals surface area contributed by atoms with Gasteiger partial charge in [-0.1, -0.05) is 23.7 Å². The molecule has 0 amide bonds. The topological polar surface area (TPSA) is 35.6 Å². The lowest BCUT2D eigenvalue weighted by molar-refractivity contribution is 0.702. The van der Waals surface area contributed by atoms with Crippen molar-refractivity contribution in [1.29, 1.82) is 0 Å². The normalized spacial score (nSPS) is 11.4. The van der Waals surface area contributed by atoms with Crippen molar-refractivity contribution in [2.24, 2.45) is 7.05 Å². The highest BCUT2D eigenvalue weighted by atomic mass is 35.5. The smallest absolute Gasteiger partial charge is 0.159 e. The molecule has 6 heteroatoms. The van der Waals surface area contributed by atoms with Crippen molar-refractivity contribution in [2.75, 3.05) is 0 Å². The van der Waals surface area contributed by atoms with Crippen molar-refractivity contribution >= 4 is 34.4 Å². The highest BCUT2D eigenvalue weighted by molar-refractivity contribution is 6.30. The molecule has 3 aromatic rings. The first kappa shape index (κ1) is 13.5. The molecule has 4 nitrogen and oxygen atoms in total. The lowest BCUT2D eigenvalue weighted by Crippen LogP contribution is -2.07. The summed E-state index contributed by atoms with van der Waals surface area (Å²) in [5.74, 6) is 1.21. The fraction of sp³-hybridized carbons (Fsp3) is 0.286. The molecule has 0 saturated carbocycles. The maximum atomic E-state index is 6.04. The highest BCUT2D eigenvalue weighted by Crippen LogP contribution is 2.22. The van der Waals surface area contributed by atoms with Crippen LogP contribution in [0.5, 0.6) is 0 Å². The fourth-order valence-electron chi connectivity index (χ4n) is 2.47. The molecule has 104 valence electrons. The number of rotatable bonds is 3. The van der Waals surface area contributed by atoms with E-state index < -0.39 is 0 Å². The minimum Gasteiger partial charge on any atom is -0.307 e. The number of imidazole rings is 1. The summed E-state index contributed by atoms with van der Waals surface area (Å²) in [6.07, 6.45) is 0. The molecule has 0 bridgehead atoms. The van der Waals surface area contributed by atoms with Gasteiger partial charge in [0.15, 0.2) is 5.65 Å². The largest absolute Gasteiger partial charge is 0.307 e. The van der Waals surface area contributed by atoms with Crippen LogP contribution in [0.2, 0.25) is 5.02 Å². The van der Waals surface area contributed by atoms with E-state index in [1.54, 1.807) is 0 Å². The summed E-state index contributed by atoms with van der Waals surface area (Å²) in [5.41, 5.74) is 3.92. The zero-order chi connectivity index (χ0) is 14.3. The van der Waals surface area contributed by atoms with Crippen LogP contribution in [0.4, 0.5) is 0 Å². The molecule has 2 aromatic heterocycles. The van der Waals surface area contributed by atoms with Gasteiger partial charge >= 0.3 is 0 Å². The number of aryl methyl sites for hydroxylation is 2. The van der Waals surface area contributed by atoms with E-state index in [1.165, 1.54) is 0 Å². The molecule has 0 radical (unpaired) electrons. The number of hydrogen-bond acceptors (Lipinski definition) is 2. The summed E-state index contributed by atoms with van der Waals surface area (Å²) in [6, 6.07) is 7.81. The molecule has 0 fully saturated rings. The summed E-state index contributed by atoms with van der Waals surface area (Å²) in [7, 11) is 1.92. The van der Waals surface area contributed by atoms with E-state index >= 15 is 0 Å². The Morgan fingerprint density at radius 2 is 2.10 bits per heavy atom. The molecule has 20 heavy (non-hydrogen) atoms. The molecule has 1 aromatic carbocycles. The van der Waals surface area contributed by atoms with Gasteiger partial charge in [-0.3, -0.25) is 4.68 Å². The Bertz CT molecular complexity index is 773. The summed E-state index contributed by atoms with van der Waals surface area (Å²) < 4.78 is 3.94. The molecule has 0 saturated heterocycles. The Morgan fingerprint density at radius 1 is 1.30 bits per heavy atom. The molecule has 3 rings (SSSR count). The number of benzene rings is 1. The van der Waals surface area contributed by atoms with Crippen LogP contribution in [0, 0.1) is 6.92 Å². The molecule has 0 atom stereocenters. The van der Waals surface area contributed by atoms with Crippen LogP contribution in [0.1, 0.15) is 17.1 Å². The van der Waals surface area contributed by atoms with E-state index in [2.05, 4.69) is 14.6 Å². The second kappa shape index (κ2) is 5.11. The highest BCUT2D eigenvalue weighted by Gasteiger charge is 2.16. The lowest BCUT2D eigenvalue weighted by Gasteiger charge is -2.08. The van der Waals surface area contributed by atoms with Crippen molar-refractivity contribution in [2.45, 2.75) is 19.3 Å². The summed E-state index contributed by atoms with van der Waals surface area (Å²) in [6.45, 7) is 2.63. The van der Waals surface area contributed by atoms with Crippen LogP contribution in [0.3, 0.4) is 0 Å². The van der Waals surface area contributed by atoms with Gasteiger partial charge in [-0.05, 0) is 24.6 Å². The fourth-order valence-corrected chi connectivity index (χ4v) is 2.88. The van der Waals surface area contributed by atoms with Gasteiger partial charge in [0.05, 0.1) is 18.1 Å². The Kier molecular flexibility index (Phi) is 3.44. The number of hydrogen-bond donors (Lipinski definition) is 0. The number of alkyl halides is 1. The van der Waals surface area contributed by atoms with Crippen molar-refractivity contribution in [1.82, 2.24) is 19.3 Å². The first-order valence-corrected chi connectivity index (χ1v) is 7.20. The molecular weight excluding hydrogens is 295 g/mol. The van der Waals surface area contributed by atoms with Gasteiger partial charge in [-0.2, -0.15) is 5.10 Å². The molecular formula is C14H14Cl2N4. The molecule has 0 N–H and O–H groups in total. The molecule has 0 aliphatic rings. The van der Waals surface area contributed by atoms with Crippen LogP contribution in [0.25, 0.3) is 11.2 Å². The van der Waals surface area contributed by atoms with E-state index in [9.17, 15) is 0 Å². The summed E-state index contributed by atoms with van der Waals surface area (Å²) in [4.78, 5) is 4.58. The van der Waals surface area contributed by atoms with Crippen LogP contribution >= 0.6 is 23.2 Å². The van der Waals surface area contributed by atoms with Gasteiger partial charge in [0.1, 0.15) is 11.3 Å². The van der Waals surface area contributed by atoms with Gasteiger partial charge in [0.2, 0.25) is 0 Å². The van der Waals surface area contributed by atoms with Gasteiger partial charge in [0.25, 0.3) is 0 Å². The van der Waals surface area contributed by atoms with Gasteiger partial charge in [-0.25, -0.2) is 4.98 Å². The minimum atomic E-state index is 0.370. The first-order valence-electron chi connectivity index (χ1n) is 6.29. The van der Waals surface area contributed by atoms with Crippen molar-refractivity contribution in [3.8, 4) is 0 Å². The second-order valence-corrected chi connectivity index (χ2v) is 5.46. The van der Waals surface area contributed by atoms with E-state index in [1.807, 2.05) is 42.9 Å². The third-order valence-corrected chi connectivity index (χ3v) is 3.79. The van der Waals surface area contributed by atoms with E-state index in [-0.39, 0.29) is 0 Å². The first-order chi connectivity index (χ1) is 9.60. The Labute approximate surface area is 126 Å². The van der Waals surface area contributed by atoms with Crippen LogP contribution in [-0.2, 0) is 19.5 Å². The number of fused-ring (bicyclic) bond motifs is 1. The Hall–Kier alpha value is -1.52. The zero-order valence-electron chi connectivity index (χ0n) is 11.3. The van der Waals surface area contributed by atoms with E-state index in [0.29, 0.717) is 12.4 Å². The van der Waals surface area contributed by atoms with E-state index in [0.717, 1.165) is 33.3 Å². The lowest BCUT2D eigenvalue weighted by atomic mass is 10.2. The molecule has 0 spiro atoms. The standard InChI is InChI=1S/C14H14Cl2N4/c1-9-13-14(19(2)18-9)20(12(7-15)17-13)8-10-4-3-5-11(16)6-10/h3-6H,7-8H2,1-2H3. The average molecular weight is 309 g/mol. The number of nitrogens with zero attached hydrogens (tertiary/aromatic N) is 4. The molecule has 0 unspecified atom stereocenters. The number of halogens is 2. The molecule has 0 aliphatic carbocycles. The predicted molar refractivity (Wildman–Crippen MR) is 81.3 cm³/mol. The van der Waals surface area contributed by atoms with Crippen molar-refractivity contribution < 1.29 is 0 Å². The summed E-state index contributed by atoms with van der Waals surface area (Å²) >= 11 is 12.1. The second-order valence-electron chi connectivity index (χ2n) is 4.76. The predicted octanol–water partition coefficient (Wildman–Crippen LogP) is 3.52. The Morgan fingerprint density at radius 3 is 2.80 bits per heavy atom. The zero-order valence-corrected chi connectivity index (χ0v) is 12.8. The monoisotopic (exact) mass is 308 g/mol. The Balaban J connectivity index is 2.14. The van der Waals surface area contributed by atoms with Gasteiger partial charge < -0.3 is 4.57 Å². The van der Waals surface area contributed by atoms with Crippen LogP contribution in [-0.4, -0.2) is 19.3 Å². The van der Waals surface area contributed by atoms with Crippen molar-refractivity contribution in [3.05, 3.63) is 46.4 Å². The quantitative estimate of drug-likeness (QED) is 0.694. The van der Waals surface area contributed by atoms with Crippen molar-refractivity contribution in [3.63, 3.8) is 0 Å². The van der Waals surface area contributed by atoms with Crippen LogP contribution < -0.4 is 0 Å². The van der Waals surface area contributed by atoms with E-state index in [4.69, 9.17) is 23.2 Å². The minimum absolute atomic E-state index is 0.370. The third-order valence-electron chi connectivity index (χ3n) is 3.32. The van der Waals surface area contributed by atoms with Gasteiger partial charge in [-0.15, -0.1) is 11.6 Å². The molecule has 0 aliphatic heterocycles. The van der Waals surface area contributed by atoms with Gasteiger partial charge in [0, 0.05) is 12.1 Å². The maximum Gasteiger partial charge on any atom is 0.159 e. The maximum absolute atomic E-state index is 6.04. The SMILES string of the molecule is Cc1nn(C)c2c1nc(CCl)n2Cc1cccc(Cl)c1. The average Bonchev–Trinajstić information content (AvgIpc) is 2.89. The van der Waals surface area contributed by atoms with Crippen LogP contribution in [0.15, 0.2) is 24.3 Å². The third kappa shape index (κ3) is 2.19. The number of aromatic nitrogens is 4. The molecule has 2 heterocycles. The summed E-state index contributed by atoms with van der Waals surface area (Å²) in [5, 5.41) is 5.14.